The number of ketones is 1. The van der Waals surface area contributed by atoms with Gasteiger partial charge in [0.1, 0.15) is 5.75 Å². The molecular formula is C17H22BrNO5. The van der Waals surface area contributed by atoms with Crippen molar-refractivity contribution in [3.63, 3.8) is 0 Å². The number of carbonyl (C=O) groups excluding carboxylic acids is 3. The van der Waals surface area contributed by atoms with Gasteiger partial charge in [-0.2, -0.15) is 0 Å². The van der Waals surface area contributed by atoms with Crippen LogP contribution in [0.5, 0.6) is 5.75 Å². The van der Waals surface area contributed by atoms with E-state index in [1.165, 1.54) is 6.92 Å². The number of hydrogen-bond acceptors (Lipinski definition) is 5. The molecule has 0 spiro atoms. The zero-order valence-corrected chi connectivity index (χ0v) is 15.5. The molecule has 0 radical (unpaired) electrons. The van der Waals surface area contributed by atoms with E-state index < -0.39 is 5.97 Å². The first kappa shape index (κ1) is 20.2. The van der Waals surface area contributed by atoms with Crippen molar-refractivity contribution in [2.24, 2.45) is 0 Å². The van der Waals surface area contributed by atoms with E-state index >= 15 is 0 Å². The molecule has 0 fully saturated rings. The average Bonchev–Trinajstić information content (AvgIpc) is 2.55. The summed E-state index contributed by atoms with van der Waals surface area (Å²) in [5, 5.41) is 2.69. The molecule has 1 aromatic rings. The van der Waals surface area contributed by atoms with Gasteiger partial charge in [0.05, 0.1) is 11.6 Å². The van der Waals surface area contributed by atoms with Gasteiger partial charge in [0, 0.05) is 25.5 Å². The Balaban J connectivity index is 2.25. The van der Waals surface area contributed by atoms with Crippen LogP contribution in [0, 0.1) is 0 Å². The molecule has 1 N–H and O–H groups in total. The lowest BCUT2D eigenvalue weighted by Gasteiger charge is -2.07. The van der Waals surface area contributed by atoms with Crippen molar-refractivity contribution in [1.82, 2.24) is 5.32 Å². The van der Waals surface area contributed by atoms with Gasteiger partial charge in [-0.3, -0.25) is 14.4 Å². The monoisotopic (exact) mass is 399 g/mol. The second kappa shape index (κ2) is 10.8. The van der Waals surface area contributed by atoms with Gasteiger partial charge in [0.2, 0.25) is 5.91 Å². The number of carbonyl (C=O) groups is 3. The first-order chi connectivity index (χ1) is 11.4. The summed E-state index contributed by atoms with van der Waals surface area (Å²) in [5.41, 5.74) is 0.450. The number of esters is 1. The highest BCUT2D eigenvalue weighted by atomic mass is 79.9. The van der Waals surface area contributed by atoms with E-state index in [1.54, 1.807) is 25.3 Å². The van der Waals surface area contributed by atoms with E-state index in [-0.39, 0.29) is 24.7 Å². The number of hydrogen-bond donors (Lipinski definition) is 1. The zero-order valence-electron chi connectivity index (χ0n) is 13.9. The number of nitrogens with one attached hydrogen (secondary N) is 1. The normalized spacial score (nSPS) is 10.1. The van der Waals surface area contributed by atoms with Crippen LogP contribution in [-0.4, -0.2) is 37.9 Å². The number of methoxy groups -OCH3 is 1. The minimum absolute atomic E-state index is 0.0573. The fraction of sp³-hybridized carbons (Fsp3) is 0.471. The highest BCUT2D eigenvalue weighted by Crippen LogP contribution is 2.25. The minimum Gasteiger partial charge on any atom is -0.496 e. The third-order valence-corrected chi connectivity index (χ3v) is 3.89. The number of Topliss-reactive ketones (excluding diaryl/α,β-unsaturated/α-hetero) is 1. The van der Waals surface area contributed by atoms with Crippen LogP contribution in [0.3, 0.4) is 0 Å². The van der Waals surface area contributed by atoms with Gasteiger partial charge in [0.25, 0.3) is 0 Å². The highest BCUT2D eigenvalue weighted by molar-refractivity contribution is 9.10. The van der Waals surface area contributed by atoms with Gasteiger partial charge in [-0.05, 0) is 47.0 Å². The van der Waals surface area contributed by atoms with Gasteiger partial charge < -0.3 is 14.8 Å². The maximum Gasteiger partial charge on any atom is 0.306 e. The summed E-state index contributed by atoms with van der Waals surface area (Å²) < 4.78 is 10.8. The van der Waals surface area contributed by atoms with E-state index in [4.69, 9.17) is 9.47 Å². The molecular weight excluding hydrogens is 378 g/mol. The summed E-state index contributed by atoms with van der Waals surface area (Å²) in [6.45, 7) is 1.80. The highest BCUT2D eigenvalue weighted by Gasteiger charge is 2.12. The quantitative estimate of drug-likeness (QED) is 0.371. The van der Waals surface area contributed by atoms with Gasteiger partial charge in [0.15, 0.2) is 12.4 Å². The van der Waals surface area contributed by atoms with Crippen LogP contribution in [0.4, 0.5) is 0 Å². The van der Waals surface area contributed by atoms with E-state index in [9.17, 15) is 14.4 Å². The predicted octanol–water partition coefficient (Wildman–Crippen LogP) is 2.88. The van der Waals surface area contributed by atoms with Crippen molar-refractivity contribution in [3.8, 4) is 5.75 Å². The Kier molecular flexibility index (Phi) is 9.07. The number of ether oxygens (including phenoxy) is 2. The molecule has 0 bridgehead atoms. The maximum absolute atomic E-state index is 12.0. The molecule has 0 unspecified atom stereocenters. The van der Waals surface area contributed by atoms with E-state index in [1.807, 2.05) is 0 Å². The zero-order chi connectivity index (χ0) is 17.9. The summed E-state index contributed by atoms with van der Waals surface area (Å²) in [7, 11) is 1.54. The lowest BCUT2D eigenvalue weighted by molar-refractivity contribution is -0.142. The molecule has 0 aliphatic carbocycles. The van der Waals surface area contributed by atoms with Crippen LogP contribution in [0.15, 0.2) is 22.7 Å². The van der Waals surface area contributed by atoms with Crippen molar-refractivity contribution in [3.05, 3.63) is 28.2 Å². The van der Waals surface area contributed by atoms with E-state index in [2.05, 4.69) is 21.2 Å². The minimum atomic E-state index is -0.393. The first-order valence-corrected chi connectivity index (χ1v) is 8.50. The van der Waals surface area contributed by atoms with Gasteiger partial charge in [-0.1, -0.05) is 6.42 Å². The smallest absolute Gasteiger partial charge is 0.306 e. The third kappa shape index (κ3) is 7.59. The van der Waals surface area contributed by atoms with Crippen LogP contribution < -0.4 is 10.1 Å². The van der Waals surface area contributed by atoms with E-state index in [0.29, 0.717) is 28.8 Å². The second-order valence-electron chi connectivity index (χ2n) is 5.23. The molecule has 0 saturated carbocycles. The number of unbranched alkanes of at least 4 members (excludes halogenated alkanes) is 2. The Morgan fingerprint density at radius 2 is 1.92 bits per heavy atom. The molecule has 24 heavy (non-hydrogen) atoms. The summed E-state index contributed by atoms with van der Waals surface area (Å²) >= 11 is 3.31. The van der Waals surface area contributed by atoms with Crippen LogP contribution in [0.1, 0.15) is 43.0 Å². The Bertz CT molecular complexity index is 588. The number of amides is 1. The molecule has 132 valence electrons. The van der Waals surface area contributed by atoms with Crippen molar-refractivity contribution in [2.75, 3.05) is 20.3 Å². The lowest BCUT2D eigenvalue weighted by Crippen LogP contribution is -2.20. The molecule has 0 aliphatic heterocycles. The molecule has 1 amide bonds. The number of rotatable bonds is 10. The van der Waals surface area contributed by atoms with Crippen LogP contribution in [0.2, 0.25) is 0 Å². The van der Waals surface area contributed by atoms with Crippen LogP contribution >= 0.6 is 15.9 Å². The van der Waals surface area contributed by atoms with Crippen molar-refractivity contribution in [2.45, 2.75) is 32.6 Å². The lowest BCUT2D eigenvalue weighted by atomic mass is 10.1. The topological polar surface area (TPSA) is 81.7 Å². The number of halogens is 1. The van der Waals surface area contributed by atoms with E-state index in [0.717, 1.165) is 12.8 Å². The van der Waals surface area contributed by atoms with Gasteiger partial charge >= 0.3 is 5.97 Å². The Hall–Kier alpha value is -1.89. The average molecular weight is 400 g/mol. The largest absolute Gasteiger partial charge is 0.496 e. The summed E-state index contributed by atoms with van der Waals surface area (Å²) in [6.07, 6.45) is 2.56. The van der Waals surface area contributed by atoms with Gasteiger partial charge in [-0.15, -0.1) is 0 Å². The first-order valence-electron chi connectivity index (χ1n) is 7.71. The standard InChI is InChI=1S/C17H22BrNO5/c1-12(20)19-9-5-3-4-6-17(22)24-11-15(21)13-7-8-16(23-2)14(18)10-13/h7-8,10H,3-6,9,11H2,1-2H3,(H,19,20). The molecule has 0 heterocycles. The summed E-state index contributed by atoms with van der Waals surface area (Å²) in [5.74, 6) is -0.0892. The summed E-state index contributed by atoms with van der Waals surface area (Å²) in [4.78, 5) is 34.3. The van der Waals surface area contributed by atoms with Crippen molar-refractivity contribution >= 4 is 33.6 Å². The SMILES string of the molecule is COc1ccc(C(=O)COC(=O)CCCCCNC(C)=O)cc1Br. The van der Waals surface area contributed by atoms with Gasteiger partial charge in [-0.25, -0.2) is 0 Å². The van der Waals surface area contributed by atoms with Crippen LogP contribution in [-0.2, 0) is 14.3 Å². The van der Waals surface area contributed by atoms with Crippen LogP contribution in [0.25, 0.3) is 0 Å². The fourth-order valence-corrected chi connectivity index (χ4v) is 2.52. The summed E-state index contributed by atoms with van der Waals surface area (Å²) in [6, 6.07) is 4.94. The third-order valence-electron chi connectivity index (χ3n) is 3.27. The molecule has 0 atom stereocenters. The molecule has 0 saturated heterocycles. The Morgan fingerprint density at radius 1 is 1.17 bits per heavy atom. The Morgan fingerprint density at radius 3 is 2.54 bits per heavy atom. The Labute approximate surface area is 150 Å². The second-order valence-corrected chi connectivity index (χ2v) is 6.08. The predicted molar refractivity (Wildman–Crippen MR) is 93.1 cm³/mol. The molecule has 1 rings (SSSR count). The van der Waals surface area contributed by atoms with Crippen molar-refractivity contribution in [1.29, 1.82) is 0 Å². The maximum atomic E-state index is 12.0. The molecule has 0 aliphatic rings. The fourth-order valence-electron chi connectivity index (χ4n) is 1.98. The molecule has 0 aromatic heterocycles. The molecule has 6 nitrogen and oxygen atoms in total. The van der Waals surface area contributed by atoms with Crippen molar-refractivity contribution < 1.29 is 23.9 Å². The number of benzene rings is 1. The molecule has 1 aromatic carbocycles. The molecule has 7 heteroatoms.